The Hall–Kier alpha value is -0.430. The van der Waals surface area contributed by atoms with Gasteiger partial charge in [-0.25, -0.2) is 13.1 Å². The standard InChI is InChI=1S/C13H22N4O3S2.HI/c1-14-13(17-11-4-8-20-9-5-11)15-6-7-16-22(18,19)12-3-2-10-21-12;/h2-3,10-11,16H,4-9H2,1H3,(H2,14,15,17);1H. The van der Waals surface area contributed by atoms with Crippen molar-refractivity contribution in [2.75, 3.05) is 33.4 Å². The first-order chi connectivity index (χ1) is 10.6. The minimum absolute atomic E-state index is 0. The summed E-state index contributed by atoms with van der Waals surface area (Å²) in [6, 6.07) is 3.66. The Morgan fingerprint density at radius 1 is 1.39 bits per heavy atom. The Bertz CT molecular complexity index is 572. The summed E-state index contributed by atoms with van der Waals surface area (Å²) in [5.74, 6) is 0.683. The Balaban J connectivity index is 0.00000264. The van der Waals surface area contributed by atoms with Gasteiger partial charge in [-0.2, -0.15) is 0 Å². The molecule has 1 aromatic heterocycles. The highest BCUT2D eigenvalue weighted by molar-refractivity contribution is 14.0. The molecule has 10 heteroatoms. The zero-order chi connectivity index (χ0) is 15.8. The predicted octanol–water partition coefficient (Wildman–Crippen LogP) is 0.988. The summed E-state index contributed by atoms with van der Waals surface area (Å²) in [6.07, 6.45) is 1.90. The van der Waals surface area contributed by atoms with Crippen LogP contribution in [0.3, 0.4) is 0 Å². The van der Waals surface area contributed by atoms with Crippen LogP contribution in [0.15, 0.2) is 26.7 Å². The van der Waals surface area contributed by atoms with E-state index in [1.54, 1.807) is 24.6 Å². The molecule has 2 heterocycles. The number of nitrogens with zero attached hydrogens (tertiary/aromatic N) is 1. The lowest BCUT2D eigenvalue weighted by atomic mass is 10.1. The van der Waals surface area contributed by atoms with Crippen molar-refractivity contribution in [1.29, 1.82) is 0 Å². The lowest BCUT2D eigenvalue weighted by molar-refractivity contribution is 0.0822. The lowest BCUT2D eigenvalue weighted by Gasteiger charge is -2.25. The minimum Gasteiger partial charge on any atom is -0.381 e. The first-order valence-electron chi connectivity index (χ1n) is 7.20. The summed E-state index contributed by atoms with van der Waals surface area (Å²) in [6.45, 7) is 2.28. The molecular formula is C13H23IN4O3S2. The second-order valence-electron chi connectivity index (χ2n) is 4.86. The van der Waals surface area contributed by atoms with Crippen LogP contribution in [-0.4, -0.2) is 53.8 Å². The van der Waals surface area contributed by atoms with Crippen LogP contribution in [0.2, 0.25) is 0 Å². The maximum absolute atomic E-state index is 11.9. The third-order valence-electron chi connectivity index (χ3n) is 3.26. The maximum Gasteiger partial charge on any atom is 0.250 e. The molecule has 0 amide bonds. The average molecular weight is 474 g/mol. The van der Waals surface area contributed by atoms with Crippen LogP contribution in [0.25, 0.3) is 0 Å². The van der Waals surface area contributed by atoms with E-state index < -0.39 is 10.0 Å². The number of hydrogen-bond acceptors (Lipinski definition) is 5. The molecule has 0 aliphatic carbocycles. The summed E-state index contributed by atoms with van der Waals surface area (Å²) in [5, 5.41) is 8.17. The van der Waals surface area contributed by atoms with E-state index in [-0.39, 0.29) is 24.0 Å². The molecule has 0 saturated carbocycles. The summed E-state index contributed by atoms with van der Waals surface area (Å²) >= 11 is 1.20. The number of halogens is 1. The van der Waals surface area contributed by atoms with Crippen molar-refractivity contribution in [3.63, 3.8) is 0 Å². The molecule has 0 atom stereocenters. The molecule has 0 radical (unpaired) electrons. The van der Waals surface area contributed by atoms with Crippen molar-refractivity contribution in [2.24, 2.45) is 4.99 Å². The molecular weight excluding hydrogens is 451 g/mol. The van der Waals surface area contributed by atoms with Gasteiger partial charge in [-0.3, -0.25) is 4.99 Å². The fourth-order valence-electron chi connectivity index (χ4n) is 2.08. The van der Waals surface area contributed by atoms with Crippen LogP contribution < -0.4 is 15.4 Å². The third kappa shape index (κ3) is 6.91. The highest BCUT2D eigenvalue weighted by Crippen LogP contribution is 2.14. The summed E-state index contributed by atoms with van der Waals surface area (Å²) in [7, 11) is -1.70. The molecule has 7 nitrogen and oxygen atoms in total. The number of ether oxygens (including phenoxy) is 1. The zero-order valence-corrected chi connectivity index (χ0v) is 16.9. The monoisotopic (exact) mass is 474 g/mol. The molecule has 132 valence electrons. The van der Waals surface area contributed by atoms with Gasteiger partial charge >= 0.3 is 0 Å². The van der Waals surface area contributed by atoms with Gasteiger partial charge in [0, 0.05) is 39.4 Å². The molecule has 0 aromatic carbocycles. The third-order valence-corrected chi connectivity index (χ3v) is 6.11. The van der Waals surface area contributed by atoms with E-state index in [1.165, 1.54) is 11.3 Å². The summed E-state index contributed by atoms with van der Waals surface area (Å²) in [5.41, 5.74) is 0. The van der Waals surface area contributed by atoms with Crippen molar-refractivity contribution >= 4 is 51.3 Å². The van der Waals surface area contributed by atoms with Gasteiger partial charge in [-0.05, 0) is 24.3 Å². The molecule has 1 aliphatic heterocycles. The van der Waals surface area contributed by atoms with Gasteiger partial charge in [-0.15, -0.1) is 35.3 Å². The molecule has 2 rings (SSSR count). The van der Waals surface area contributed by atoms with Crippen LogP contribution in [-0.2, 0) is 14.8 Å². The van der Waals surface area contributed by atoms with Crippen molar-refractivity contribution in [3.8, 4) is 0 Å². The van der Waals surface area contributed by atoms with Gasteiger partial charge in [0.05, 0.1) is 0 Å². The SMILES string of the molecule is CN=C(NCCNS(=O)(=O)c1cccs1)NC1CCOCC1.I. The Morgan fingerprint density at radius 2 is 2.13 bits per heavy atom. The first-order valence-corrected chi connectivity index (χ1v) is 9.56. The molecule has 0 spiro atoms. The van der Waals surface area contributed by atoms with E-state index in [4.69, 9.17) is 4.74 Å². The highest BCUT2D eigenvalue weighted by atomic mass is 127. The molecule has 1 saturated heterocycles. The Morgan fingerprint density at radius 3 is 2.74 bits per heavy atom. The summed E-state index contributed by atoms with van der Waals surface area (Å²) in [4.78, 5) is 4.14. The normalized spacial score (nSPS) is 16.7. The van der Waals surface area contributed by atoms with E-state index in [0.717, 1.165) is 26.1 Å². The molecule has 1 aliphatic rings. The van der Waals surface area contributed by atoms with E-state index in [9.17, 15) is 8.42 Å². The van der Waals surface area contributed by atoms with Crippen LogP contribution in [0.1, 0.15) is 12.8 Å². The number of aliphatic imine (C=N–C) groups is 1. The number of thiophene rings is 1. The van der Waals surface area contributed by atoms with Crippen LogP contribution in [0, 0.1) is 0 Å². The quantitative estimate of drug-likeness (QED) is 0.248. The molecule has 0 bridgehead atoms. The molecule has 1 fully saturated rings. The number of rotatable bonds is 6. The van der Waals surface area contributed by atoms with Crippen molar-refractivity contribution < 1.29 is 13.2 Å². The Kier molecular flexibility index (Phi) is 9.36. The Labute approximate surface area is 158 Å². The van der Waals surface area contributed by atoms with Crippen LogP contribution in [0.4, 0.5) is 0 Å². The molecule has 1 aromatic rings. The first kappa shape index (κ1) is 20.6. The average Bonchev–Trinajstić information content (AvgIpc) is 3.06. The molecule has 23 heavy (non-hydrogen) atoms. The minimum atomic E-state index is -3.40. The van der Waals surface area contributed by atoms with E-state index in [0.29, 0.717) is 29.3 Å². The van der Waals surface area contributed by atoms with Gasteiger partial charge in [-0.1, -0.05) is 6.07 Å². The lowest BCUT2D eigenvalue weighted by Crippen LogP contribution is -2.47. The van der Waals surface area contributed by atoms with E-state index in [1.807, 2.05) is 0 Å². The van der Waals surface area contributed by atoms with Crippen LogP contribution in [0.5, 0.6) is 0 Å². The van der Waals surface area contributed by atoms with E-state index in [2.05, 4.69) is 20.3 Å². The largest absolute Gasteiger partial charge is 0.381 e. The smallest absolute Gasteiger partial charge is 0.250 e. The predicted molar refractivity (Wildman–Crippen MR) is 103 cm³/mol. The number of hydrogen-bond donors (Lipinski definition) is 3. The van der Waals surface area contributed by atoms with Gasteiger partial charge in [0.1, 0.15) is 4.21 Å². The van der Waals surface area contributed by atoms with E-state index >= 15 is 0 Å². The highest BCUT2D eigenvalue weighted by Gasteiger charge is 2.16. The van der Waals surface area contributed by atoms with Crippen LogP contribution >= 0.6 is 35.3 Å². The maximum atomic E-state index is 11.9. The topological polar surface area (TPSA) is 91.8 Å². The van der Waals surface area contributed by atoms with Crippen molar-refractivity contribution in [1.82, 2.24) is 15.4 Å². The second kappa shape index (κ2) is 10.4. The van der Waals surface area contributed by atoms with Crippen molar-refractivity contribution in [3.05, 3.63) is 17.5 Å². The zero-order valence-electron chi connectivity index (χ0n) is 12.9. The number of nitrogens with one attached hydrogen (secondary N) is 3. The fraction of sp³-hybridized carbons (Fsp3) is 0.615. The molecule has 0 unspecified atom stereocenters. The molecule has 3 N–H and O–H groups in total. The van der Waals surface area contributed by atoms with Crippen molar-refractivity contribution in [2.45, 2.75) is 23.1 Å². The summed E-state index contributed by atoms with van der Waals surface area (Å²) < 4.78 is 32.1. The second-order valence-corrected chi connectivity index (χ2v) is 7.80. The number of sulfonamides is 1. The fourth-order valence-corrected chi connectivity index (χ4v) is 4.15. The van der Waals surface area contributed by atoms with Gasteiger partial charge < -0.3 is 15.4 Å². The van der Waals surface area contributed by atoms with Gasteiger partial charge in [0.25, 0.3) is 0 Å². The number of guanidine groups is 1. The van der Waals surface area contributed by atoms with Gasteiger partial charge in [0.2, 0.25) is 10.0 Å². The van der Waals surface area contributed by atoms with Gasteiger partial charge in [0.15, 0.2) is 5.96 Å².